The van der Waals surface area contributed by atoms with E-state index in [1.165, 1.54) is 24.0 Å². The van der Waals surface area contributed by atoms with Crippen molar-refractivity contribution < 1.29 is 0 Å². The zero-order valence-corrected chi connectivity index (χ0v) is 10.3. The molecule has 0 bridgehead atoms. The molecule has 1 aromatic rings. The molecule has 3 rings (SSSR count). The molecule has 0 saturated carbocycles. The maximum atomic E-state index is 2.36. The van der Waals surface area contributed by atoms with E-state index in [2.05, 4.69) is 51.1 Å². The molecular formula is C16H18. The molecule has 0 radical (unpaired) electrons. The Kier molecular flexibility index (Phi) is 1.92. The van der Waals surface area contributed by atoms with E-state index >= 15 is 0 Å². The van der Waals surface area contributed by atoms with E-state index in [4.69, 9.17) is 0 Å². The first kappa shape index (κ1) is 9.89. The lowest BCUT2D eigenvalue weighted by Gasteiger charge is -2.25. The average Bonchev–Trinajstić information content (AvgIpc) is 2.50. The van der Waals surface area contributed by atoms with E-state index in [9.17, 15) is 0 Å². The second-order valence-corrected chi connectivity index (χ2v) is 5.46. The maximum absolute atomic E-state index is 2.36. The van der Waals surface area contributed by atoms with Gasteiger partial charge in [-0.2, -0.15) is 0 Å². The maximum Gasteiger partial charge on any atom is 0.0158 e. The van der Waals surface area contributed by atoms with Crippen LogP contribution in [0.5, 0.6) is 0 Å². The van der Waals surface area contributed by atoms with Crippen LogP contribution < -0.4 is 0 Å². The normalized spacial score (nSPS) is 20.9. The van der Waals surface area contributed by atoms with Gasteiger partial charge in [-0.3, -0.25) is 0 Å². The van der Waals surface area contributed by atoms with Gasteiger partial charge >= 0.3 is 0 Å². The van der Waals surface area contributed by atoms with Crippen LogP contribution in [0.25, 0.3) is 5.57 Å². The SMILES string of the molecule is Cc1cccc2c1C(C)(C)C1=C2CCC=C1. The van der Waals surface area contributed by atoms with E-state index in [0.29, 0.717) is 0 Å². The van der Waals surface area contributed by atoms with Crippen molar-refractivity contribution in [3.8, 4) is 0 Å². The molecule has 0 aromatic heterocycles. The van der Waals surface area contributed by atoms with Crippen molar-refractivity contribution in [1.82, 2.24) is 0 Å². The molecular weight excluding hydrogens is 192 g/mol. The first-order valence-corrected chi connectivity index (χ1v) is 6.13. The summed E-state index contributed by atoms with van der Waals surface area (Å²) in [5.41, 5.74) is 7.82. The fraction of sp³-hybridized carbons (Fsp3) is 0.375. The lowest BCUT2D eigenvalue weighted by molar-refractivity contribution is 0.646. The Morgan fingerprint density at radius 3 is 2.81 bits per heavy atom. The van der Waals surface area contributed by atoms with Crippen LogP contribution in [0, 0.1) is 6.92 Å². The molecule has 0 nitrogen and oxygen atoms in total. The standard InChI is InChI=1S/C16H18/c1-11-7-6-9-13-12-8-4-5-10-14(12)16(2,3)15(11)13/h5-7,9-10H,4,8H2,1-3H3. The summed E-state index contributed by atoms with van der Waals surface area (Å²) in [6.45, 7) is 6.95. The Bertz CT molecular complexity index is 513. The van der Waals surface area contributed by atoms with E-state index in [-0.39, 0.29) is 5.41 Å². The topological polar surface area (TPSA) is 0 Å². The highest BCUT2D eigenvalue weighted by atomic mass is 14.4. The first-order valence-electron chi connectivity index (χ1n) is 6.13. The number of hydrogen-bond acceptors (Lipinski definition) is 0. The van der Waals surface area contributed by atoms with Crippen molar-refractivity contribution in [2.45, 2.75) is 39.0 Å². The number of aryl methyl sites for hydroxylation is 1. The molecule has 0 spiro atoms. The summed E-state index contributed by atoms with van der Waals surface area (Å²) >= 11 is 0. The molecule has 1 aromatic carbocycles. The molecule has 0 fully saturated rings. The minimum atomic E-state index is 0.201. The molecule has 16 heavy (non-hydrogen) atoms. The molecule has 0 heterocycles. The van der Waals surface area contributed by atoms with Crippen LogP contribution in [0.3, 0.4) is 0 Å². The summed E-state index contributed by atoms with van der Waals surface area (Å²) in [6, 6.07) is 6.73. The average molecular weight is 210 g/mol. The Morgan fingerprint density at radius 2 is 2.00 bits per heavy atom. The van der Waals surface area contributed by atoms with Gasteiger partial charge in [-0.05, 0) is 47.6 Å². The number of hydrogen-bond donors (Lipinski definition) is 0. The summed E-state index contributed by atoms with van der Waals surface area (Å²) in [7, 11) is 0. The molecule has 0 atom stereocenters. The Morgan fingerprint density at radius 1 is 1.19 bits per heavy atom. The predicted octanol–water partition coefficient (Wildman–Crippen LogP) is 4.39. The van der Waals surface area contributed by atoms with E-state index in [0.717, 1.165) is 0 Å². The zero-order valence-electron chi connectivity index (χ0n) is 10.3. The van der Waals surface area contributed by atoms with Gasteiger partial charge in [0.05, 0.1) is 0 Å². The highest BCUT2D eigenvalue weighted by Gasteiger charge is 2.37. The lowest BCUT2D eigenvalue weighted by atomic mass is 9.78. The van der Waals surface area contributed by atoms with Gasteiger partial charge in [0.1, 0.15) is 0 Å². The van der Waals surface area contributed by atoms with Crippen molar-refractivity contribution in [1.29, 1.82) is 0 Å². The number of fused-ring (bicyclic) bond motifs is 2. The van der Waals surface area contributed by atoms with E-state index in [1.54, 1.807) is 16.7 Å². The third-order valence-corrected chi connectivity index (χ3v) is 4.07. The Labute approximate surface area is 97.7 Å². The summed E-state index contributed by atoms with van der Waals surface area (Å²) in [5, 5.41) is 0. The Hall–Kier alpha value is -1.30. The smallest absolute Gasteiger partial charge is 0.0158 e. The molecule has 0 aliphatic heterocycles. The third-order valence-electron chi connectivity index (χ3n) is 4.07. The van der Waals surface area contributed by atoms with Crippen molar-refractivity contribution in [3.05, 3.63) is 52.6 Å². The van der Waals surface area contributed by atoms with Gasteiger partial charge in [0, 0.05) is 5.41 Å². The molecule has 0 saturated heterocycles. The van der Waals surface area contributed by atoms with Crippen molar-refractivity contribution >= 4 is 5.57 Å². The van der Waals surface area contributed by atoms with Gasteiger partial charge in [-0.1, -0.05) is 44.2 Å². The fourth-order valence-electron chi connectivity index (χ4n) is 3.41. The minimum Gasteiger partial charge on any atom is -0.0839 e. The lowest BCUT2D eigenvalue weighted by Crippen LogP contribution is -2.17. The number of benzene rings is 1. The highest BCUT2D eigenvalue weighted by Crippen LogP contribution is 2.50. The molecule has 0 N–H and O–H groups in total. The largest absolute Gasteiger partial charge is 0.0839 e. The van der Waals surface area contributed by atoms with Crippen LogP contribution in [-0.2, 0) is 5.41 Å². The van der Waals surface area contributed by atoms with E-state index < -0.39 is 0 Å². The van der Waals surface area contributed by atoms with Crippen molar-refractivity contribution in [2.24, 2.45) is 0 Å². The van der Waals surface area contributed by atoms with Crippen LogP contribution in [0.2, 0.25) is 0 Å². The van der Waals surface area contributed by atoms with Crippen LogP contribution in [0.1, 0.15) is 43.4 Å². The van der Waals surface area contributed by atoms with Gasteiger partial charge in [-0.25, -0.2) is 0 Å². The predicted molar refractivity (Wildman–Crippen MR) is 69.5 cm³/mol. The number of rotatable bonds is 0. The minimum absolute atomic E-state index is 0.201. The summed E-state index contributed by atoms with van der Waals surface area (Å²) in [5.74, 6) is 0. The number of allylic oxidation sites excluding steroid dienone is 4. The molecule has 0 heteroatoms. The molecule has 2 aliphatic carbocycles. The second kappa shape index (κ2) is 3.10. The molecule has 2 aliphatic rings. The van der Waals surface area contributed by atoms with Gasteiger partial charge in [-0.15, -0.1) is 0 Å². The third kappa shape index (κ3) is 1.10. The second-order valence-electron chi connectivity index (χ2n) is 5.46. The van der Waals surface area contributed by atoms with Crippen molar-refractivity contribution in [3.63, 3.8) is 0 Å². The summed E-state index contributed by atoms with van der Waals surface area (Å²) in [6.07, 6.45) is 7.08. The van der Waals surface area contributed by atoms with Crippen LogP contribution >= 0.6 is 0 Å². The monoisotopic (exact) mass is 210 g/mol. The van der Waals surface area contributed by atoms with Gasteiger partial charge in [0.25, 0.3) is 0 Å². The van der Waals surface area contributed by atoms with Gasteiger partial charge in [0.15, 0.2) is 0 Å². The quantitative estimate of drug-likeness (QED) is 0.595. The zero-order chi connectivity index (χ0) is 11.3. The Balaban J connectivity index is 2.33. The van der Waals surface area contributed by atoms with Crippen LogP contribution in [0.4, 0.5) is 0 Å². The first-order chi connectivity index (χ1) is 7.62. The summed E-state index contributed by atoms with van der Waals surface area (Å²) < 4.78 is 0. The molecule has 0 unspecified atom stereocenters. The highest BCUT2D eigenvalue weighted by molar-refractivity contribution is 5.83. The van der Waals surface area contributed by atoms with Gasteiger partial charge < -0.3 is 0 Å². The van der Waals surface area contributed by atoms with Crippen molar-refractivity contribution in [2.75, 3.05) is 0 Å². The van der Waals surface area contributed by atoms with Gasteiger partial charge in [0.2, 0.25) is 0 Å². The van der Waals surface area contributed by atoms with Crippen LogP contribution in [-0.4, -0.2) is 0 Å². The fourth-order valence-corrected chi connectivity index (χ4v) is 3.41. The molecule has 82 valence electrons. The molecule has 0 amide bonds. The van der Waals surface area contributed by atoms with E-state index in [1.807, 2.05) is 0 Å². The summed E-state index contributed by atoms with van der Waals surface area (Å²) in [4.78, 5) is 0. The van der Waals surface area contributed by atoms with Crippen LogP contribution in [0.15, 0.2) is 35.9 Å².